The molecule has 0 amide bonds. The second-order valence-corrected chi connectivity index (χ2v) is 9.13. The molecule has 2 rings (SSSR count). The van der Waals surface area contributed by atoms with E-state index < -0.39 is 18.4 Å². The summed E-state index contributed by atoms with van der Waals surface area (Å²) in [5, 5.41) is -0.868. The van der Waals surface area contributed by atoms with Gasteiger partial charge in [-0.05, 0) is 29.7 Å². The van der Waals surface area contributed by atoms with Gasteiger partial charge in [-0.15, -0.1) is 11.6 Å². The second kappa shape index (κ2) is 5.57. The molecule has 1 aliphatic rings. The molecule has 1 aromatic rings. The fraction of sp³-hybridized carbons (Fsp3) is 0.385. The summed E-state index contributed by atoms with van der Waals surface area (Å²) in [6, 6.07) is 7.57. The van der Waals surface area contributed by atoms with Gasteiger partial charge in [-0.25, -0.2) is 0 Å². The molecule has 0 aliphatic heterocycles. The SMILES string of the molecule is Cc1ccccc1C1=CC(Cl)(Cl)C(Cl)(Cl)C(Cl)(Cl)C1Cl. The molecule has 0 bridgehead atoms. The van der Waals surface area contributed by atoms with Crippen molar-refractivity contribution in [2.75, 3.05) is 0 Å². The van der Waals surface area contributed by atoms with Crippen molar-refractivity contribution >= 4 is 86.8 Å². The Morgan fingerprint density at radius 3 is 2.05 bits per heavy atom. The van der Waals surface area contributed by atoms with Gasteiger partial charge in [-0.3, -0.25) is 0 Å². The molecule has 110 valence electrons. The standard InChI is InChI=1S/C13H9Cl7/c1-7-4-2-3-5-8(7)9-6-11(15,16)13(19,20)12(17,18)10(9)14/h2-6,10H,1H3. The average Bonchev–Trinajstić information content (AvgIpc) is 2.34. The molecule has 0 saturated heterocycles. The van der Waals surface area contributed by atoms with Crippen LogP contribution < -0.4 is 0 Å². The summed E-state index contributed by atoms with van der Waals surface area (Å²) >= 11 is 43.6. The minimum absolute atomic E-state index is 0.594. The molecule has 0 aromatic heterocycles. The van der Waals surface area contributed by atoms with Gasteiger partial charge in [0.2, 0.25) is 0 Å². The third-order valence-corrected chi connectivity index (χ3v) is 7.76. The van der Waals surface area contributed by atoms with E-state index in [1.54, 1.807) is 0 Å². The van der Waals surface area contributed by atoms with Gasteiger partial charge in [-0.2, -0.15) is 0 Å². The Kier molecular flexibility index (Phi) is 4.83. The molecule has 1 unspecified atom stereocenters. The van der Waals surface area contributed by atoms with Crippen LogP contribution in [-0.2, 0) is 0 Å². The molecule has 1 aliphatic carbocycles. The summed E-state index contributed by atoms with van der Waals surface area (Å²) in [5.74, 6) is 0. The highest BCUT2D eigenvalue weighted by atomic mass is 35.5. The van der Waals surface area contributed by atoms with Crippen molar-refractivity contribution in [1.29, 1.82) is 0 Å². The first-order chi connectivity index (χ1) is 9.02. The average molecular weight is 413 g/mol. The predicted molar refractivity (Wildman–Crippen MR) is 92.1 cm³/mol. The molecule has 0 radical (unpaired) electrons. The van der Waals surface area contributed by atoms with Crippen LogP contribution in [0.1, 0.15) is 11.1 Å². The van der Waals surface area contributed by atoms with E-state index in [-0.39, 0.29) is 0 Å². The van der Waals surface area contributed by atoms with Crippen molar-refractivity contribution in [3.05, 3.63) is 41.5 Å². The van der Waals surface area contributed by atoms with Gasteiger partial charge in [0, 0.05) is 0 Å². The maximum atomic E-state index is 6.37. The van der Waals surface area contributed by atoms with Gasteiger partial charge in [-0.1, -0.05) is 93.9 Å². The lowest BCUT2D eigenvalue weighted by molar-refractivity contribution is 0.626. The van der Waals surface area contributed by atoms with Crippen LogP contribution in [0.2, 0.25) is 0 Å². The summed E-state index contributed by atoms with van der Waals surface area (Å²) < 4.78 is -5.29. The lowest BCUT2D eigenvalue weighted by atomic mass is 9.89. The molecule has 0 fully saturated rings. The number of hydrogen-bond acceptors (Lipinski definition) is 0. The third kappa shape index (κ3) is 2.56. The summed E-state index contributed by atoms with van der Waals surface area (Å²) in [7, 11) is 0. The first-order valence-electron chi connectivity index (χ1n) is 5.58. The lowest BCUT2D eigenvalue weighted by Gasteiger charge is -2.46. The Balaban J connectivity index is 2.67. The predicted octanol–water partition coefficient (Wildman–Crippen LogP) is 6.52. The first kappa shape index (κ1) is 17.3. The lowest BCUT2D eigenvalue weighted by Crippen LogP contribution is -2.56. The van der Waals surface area contributed by atoms with Gasteiger partial charge >= 0.3 is 0 Å². The normalized spacial score (nSPS) is 27.0. The molecular weight excluding hydrogens is 404 g/mol. The number of allylic oxidation sites excluding steroid dienone is 2. The molecule has 0 N–H and O–H groups in total. The number of benzene rings is 1. The van der Waals surface area contributed by atoms with Gasteiger partial charge in [0.1, 0.15) is 0 Å². The number of alkyl halides is 7. The van der Waals surface area contributed by atoms with Crippen LogP contribution in [0.5, 0.6) is 0 Å². The van der Waals surface area contributed by atoms with E-state index in [2.05, 4.69) is 0 Å². The monoisotopic (exact) mass is 410 g/mol. The van der Waals surface area contributed by atoms with E-state index in [4.69, 9.17) is 81.2 Å². The van der Waals surface area contributed by atoms with Crippen molar-refractivity contribution in [3.63, 3.8) is 0 Å². The van der Waals surface area contributed by atoms with Crippen LogP contribution in [0.15, 0.2) is 30.3 Å². The van der Waals surface area contributed by atoms with Crippen LogP contribution in [0.25, 0.3) is 5.57 Å². The molecule has 20 heavy (non-hydrogen) atoms. The third-order valence-electron chi connectivity index (χ3n) is 3.22. The molecule has 1 aromatic carbocycles. The summed E-state index contributed by atoms with van der Waals surface area (Å²) in [4.78, 5) is 0. The topological polar surface area (TPSA) is 0 Å². The van der Waals surface area contributed by atoms with Crippen molar-refractivity contribution in [2.24, 2.45) is 0 Å². The zero-order chi connectivity index (χ0) is 15.3. The molecular formula is C13H9Cl7. The molecule has 1 atom stereocenters. The minimum Gasteiger partial charge on any atom is -0.114 e. The van der Waals surface area contributed by atoms with E-state index in [0.29, 0.717) is 5.57 Å². The van der Waals surface area contributed by atoms with E-state index >= 15 is 0 Å². The van der Waals surface area contributed by atoms with E-state index in [9.17, 15) is 0 Å². The number of halogens is 7. The van der Waals surface area contributed by atoms with Gasteiger partial charge in [0.25, 0.3) is 0 Å². The largest absolute Gasteiger partial charge is 0.188 e. The van der Waals surface area contributed by atoms with Crippen LogP contribution in [0.3, 0.4) is 0 Å². The van der Waals surface area contributed by atoms with E-state index in [1.165, 1.54) is 6.08 Å². The molecule has 0 spiro atoms. The van der Waals surface area contributed by atoms with Crippen LogP contribution in [0, 0.1) is 6.92 Å². The van der Waals surface area contributed by atoms with Crippen molar-refractivity contribution in [3.8, 4) is 0 Å². The fourth-order valence-electron chi connectivity index (χ4n) is 2.05. The van der Waals surface area contributed by atoms with Crippen molar-refractivity contribution in [1.82, 2.24) is 0 Å². The highest BCUT2D eigenvalue weighted by Crippen LogP contribution is 2.62. The number of hydrogen-bond donors (Lipinski definition) is 0. The minimum atomic E-state index is -1.86. The maximum Gasteiger partial charge on any atom is 0.188 e. The number of rotatable bonds is 1. The highest BCUT2D eigenvalue weighted by Gasteiger charge is 2.66. The highest BCUT2D eigenvalue weighted by molar-refractivity contribution is 6.72. The van der Waals surface area contributed by atoms with Crippen LogP contribution >= 0.6 is 81.2 Å². The fourth-order valence-corrected chi connectivity index (χ4v) is 4.09. The maximum absolute atomic E-state index is 6.37. The molecule has 0 nitrogen and oxygen atoms in total. The number of aryl methyl sites for hydroxylation is 1. The van der Waals surface area contributed by atoms with E-state index in [0.717, 1.165) is 11.1 Å². The van der Waals surface area contributed by atoms with Crippen LogP contribution in [-0.4, -0.2) is 18.4 Å². The van der Waals surface area contributed by atoms with Crippen LogP contribution in [0.4, 0.5) is 0 Å². The molecule has 0 saturated carbocycles. The Hall–Kier alpha value is 0.990. The van der Waals surface area contributed by atoms with Crippen molar-refractivity contribution < 1.29 is 0 Å². The van der Waals surface area contributed by atoms with E-state index in [1.807, 2.05) is 31.2 Å². The van der Waals surface area contributed by atoms with Gasteiger partial charge < -0.3 is 0 Å². The summed E-state index contributed by atoms with van der Waals surface area (Å²) in [6.07, 6.45) is 1.50. The smallest absolute Gasteiger partial charge is 0.114 e. The first-order valence-corrected chi connectivity index (χ1v) is 8.29. The Bertz CT molecular complexity index is 560. The van der Waals surface area contributed by atoms with Gasteiger partial charge in [0.05, 0.1) is 5.38 Å². The second-order valence-electron chi connectivity index (χ2n) is 4.60. The summed E-state index contributed by atoms with van der Waals surface area (Å²) in [5.41, 5.74) is 2.42. The molecule has 7 heteroatoms. The van der Waals surface area contributed by atoms with Crippen molar-refractivity contribution in [2.45, 2.75) is 25.3 Å². The Morgan fingerprint density at radius 1 is 0.950 bits per heavy atom. The Morgan fingerprint density at radius 2 is 1.50 bits per heavy atom. The summed E-state index contributed by atoms with van der Waals surface area (Å²) in [6.45, 7) is 1.93. The zero-order valence-corrected chi connectivity index (χ0v) is 15.4. The Labute approximate surface area is 152 Å². The van der Waals surface area contributed by atoms with Gasteiger partial charge in [0.15, 0.2) is 13.0 Å². The zero-order valence-electron chi connectivity index (χ0n) is 10.1. The quantitative estimate of drug-likeness (QED) is 0.460. The molecule has 0 heterocycles.